The summed E-state index contributed by atoms with van der Waals surface area (Å²) in [5, 5.41) is 3.98. The van der Waals surface area contributed by atoms with Gasteiger partial charge in [0.15, 0.2) is 0 Å². The van der Waals surface area contributed by atoms with Crippen LogP contribution < -0.4 is 5.32 Å². The van der Waals surface area contributed by atoms with Crippen molar-refractivity contribution >= 4 is 32.7 Å². The van der Waals surface area contributed by atoms with Gasteiger partial charge >= 0.3 is 0 Å². The van der Waals surface area contributed by atoms with E-state index in [9.17, 15) is 4.79 Å². The predicted molar refractivity (Wildman–Crippen MR) is 86.1 cm³/mol. The van der Waals surface area contributed by atoms with Crippen LogP contribution in [0, 0.1) is 0 Å². The second kappa shape index (κ2) is 5.69. The van der Waals surface area contributed by atoms with Gasteiger partial charge < -0.3 is 10.3 Å². The molecule has 0 aliphatic heterocycles. The predicted octanol–water partition coefficient (Wildman–Crippen LogP) is 3.82. The number of fused-ring (bicyclic) bond motifs is 1. The third-order valence-corrected chi connectivity index (χ3v) is 3.87. The van der Waals surface area contributed by atoms with Crippen molar-refractivity contribution in [3.8, 4) is 0 Å². The van der Waals surface area contributed by atoms with Gasteiger partial charge in [-0.1, -0.05) is 15.9 Å². The first-order valence-electron chi connectivity index (χ1n) is 6.62. The molecule has 1 unspecified atom stereocenters. The van der Waals surface area contributed by atoms with Crippen molar-refractivity contribution in [2.24, 2.45) is 0 Å². The lowest BCUT2D eigenvalue weighted by atomic mass is 10.1. The van der Waals surface area contributed by atoms with Crippen molar-refractivity contribution in [3.63, 3.8) is 0 Å². The number of aromatic nitrogens is 2. The van der Waals surface area contributed by atoms with Crippen LogP contribution in [0.25, 0.3) is 10.9 Å². The Bertz CT molecular complexity index is 783. The zero-order valence-corrected chi connectivity index (χ0v) is 13.0. The summed E-state index contributed by atoms with van der Waals surface area (Å²) in [6, 6.07) is 11.4. The van der Waals surface area contributed by atoms with Crippen LogP contribution in [0.15, 0.2) is 53.3 Å². The van der Waals surface area contributed by atoms with Crippen molar-refractivity contribution in [2.75, 3.05) is 0 Å². The quantitative estimate of drug-likeness (QED) is 0.759. The average Bonchev–Trinajstić information content (AvgIpc) is 2.91. The molecule has 1 atom stereocenters. The standard InChI is InChI=1S/C16H14BrN3O/c1-10(11-4-6-18-7-5-11)19-16(21)15-9-12-8-13(17)2-3-14(12)20-15/h2-10,20H,1H3,(H,19,21). The van der Waals surface area contributed by atoms with E-state index in [1.54, 1.807) is 12.4 Å². The minimum absolute atomic E-state index is 0.0707. The molecule has 0 bridgehead atoms. The summed E-state index contributed by atoms with van der Waals surface area (Å²) >= 11 is 3.43. The monoisotopic (exact) mass is 343 g/mol. The molecule has 3 aromatic rings. The number of amides is 1. The van der Waals surface area contributed by atoms with Crippen LogP contribution >= 0.6 is 15.9 Å². The van der Waals surface area contributed by atoms with E-state index in [0.717, 1.165) is 20.9 Å². The molecule has 0 fully saturated rings. The number of hydrogen-bond donors (Lipinski definition) is 2. The Morgan fingerprint density at radius 1 is 1.24 bits per heavy atom. The second-order valence-electron chi connectivity index (χ2n) is 4.89. The van der Waals surface area contributed by atoms with E-state index in [2.05, 4.69) is 31.2 Å². The average molecular weight is 344 g/mol. The number of hydrogen-bond acceptors (Lipinski definition) is 2. The molecule has 4 nitrogen and oxygen atoms in total. The molecule has 0 saturated carbocycles. The van der Waals surface area contributed by atoms with Crippen molar-refractivity contribution in [2.45, 2.75) is 13.0 Å². The third kappa shape index (κ3) is 2.97. The molecule has 1 amide bonds. The first-order chi connectivity index (χ1) is 10.1. The Kier molecular flexibility index (Phi) is 3.75. The summed E-state index contributed by atoms with van der Waals surface area (Å²) in [4.78, 5) is 19.4. The maximum atomic E-state index is 12.3. The maximum Gasteiger partial charge on any atom is 0.268 e. The molecule has 0 saturated heterocycles. The summed E-state index contributed by atoms with van der Waals surface area (Å²) in [5.41, 5.74) is 2.53. The highest BCUT2D eigenvalue weighted by atomic mass is 79.9. The lowest BCUT2D eigenvalue weighted by Gasteiger charge is -2.13. The van der Waals surface area contributed by atoms with Gasteiger partial charge in [0.05, 0.1) is 6.04 Å². The number of halogens is 1. The summed E-state index contributed by atoms with van der Waals surface area (Å²) in [7, 11) is 0. The molecule has 0 radical (unpaired) electrons. The van der Waals surface area contributed by atoms with Crippen LogP contribution in [0.4, 0.5) is 0 Å². The van der Waals surface area contributed by atoms with Gasteiger partial charge in [0.2, 0.25) is 0 Å². The SMILES string of the molecule is CC(NC(=O)c1cc2cc(Br)ccc2[nH]1)c1ccncc1. The molecule has 21 heavy (non-hydrogen) atoms. The fraction of sp³-hybridized carbons (Fsp3) is 0.125. The van der Waals surface area contributed by atoms with Crippen LogP contribution in [-0.4, -0.2) is 15.9 Å². The van der Waals surface area contributed by atoms with Gasteiger partial charge in [-0.3, -0.25) is 9.78 Å². The van der Waals surface area contributed by atoms with E-state index < -0.39 is 0 Å². The summed E-state index contributed by atoms with van der Waals surface area (Å²) in [6.45, 7) is 1.95. The van der Waals surface area contributed by atoms with Crippen molar-refractivity contribution in [3.05, 3.63) is 64.5 Å². The second-order valence-corrected chi connectivity index (χ2v) is 5.81. The summed E-state index contributed by atoms with van der Waals surface area (Å²) in [6.07, 6.45) is 3.44. The van der Waals surface area contributed by atoms with E-state index in [-0.39, 0.29) is 11.9 Å². The normalized spacial score (nSPS) is 12.3. The third-order valence-electron chi connectivity index (χ3n) is 3.38. The Morgan fingerprint density at radius 3 is 2.76 bits per heavy atom. The van der Waals surface area contributed by atoms with Gasteiger partial charge in [0.25, 0.3) is 5.91 Å². The van der Waals surface area contributed by atoms with Crippen molar-refractivity contribution in [1.82, 2.24) is 15.3 Å². The number of carbonyl (C=O) groups is 1. The number of pyridine rings is 1. The number of aromatic amines is 1. The number of nitrogens with one attached hydrogen (secondary N) is 2. The largest absolute Gasteiger partial charge is 0.351 e. The van der Waals surface area contributed by atoms with Crippen molar-refractivity contribution in [1.29, 1.82) is 0 Å². The van der Waals surface area contributed by atoms with Gasteiger partial charge in [0.1, 0.15) is 5.69 Å². The Hall–Kier alpha value is -2.14. The van der Waals surface area contributed by atoms with Crippen LogP contribution in [0.1, 0.15) is 29.0 Å². The molecule has 2 heterocycles. The first kappa shape index (κ1) is 13.8. The summed E-state index contributed by atoms with van der Waals surface area (Å²) < 4.78 is 0.992. The molecule has 0 spiro atoms. The van der Waals surface area contributed by atoms with Crippen LogP contribution in [0.5, 0.6) is 0 Å². The smallest absolute Gasteiger partial charge is 0.268 e. The fourth-order valence-corrected chi connectivity index (χ4v) is 2.61. The van der Waals surface area contributed by atoms with Crippen LogP contribution in [0.2, 0.25) is 0 Å². The first-order valence-corrected chi connectivity index (χ1v) is 7.42. The molecule has 2 aromatic heterocycles. The highest BCUT2D eigenvalue weighted by molar-refractivity contribution is 9.10. The number of H-pyrrole nitrogens is 1. The van der Waals surface area contributed by atoms with Crippen LogP contribution in [0.3, 0.4) is 0 Å². The van der Waals surface area contributed by atoms with Gasteiger partial charge in [-0.05, 0) is 48.9 Å². The van der Waals surface area contributed by atoms with Gasteiger partial charge in [-0.15, -0.1) is 0 Å². The van der Waals surface area contributed by atoms with Gasteiger partial charge in [0, 0.05) is 27.8 Å². The van der Waals surface area contributed by atoms with Crippen molar-refractivity contribution < 1.29 is 4.79 Å². The molecular formula is C16H14BrN3O. The number of nitrogens with zero attached hydrogens (tertiary/aromatic N) is 1. The zero-order chi connectivity index (χ0) is 14.8. The number of carbonyl (C=O) groups excluding carboxylic acids is 1. The molecule has 106 valence electrons. The lowest BCUT2D eigenvalue weighted by molar-refractivity contribution is 0.0935. The molecule has 1 aromatic carbocycles. The topological polar surface area (TPSA) is 57.8 Å². The highest BCUT2D eigenvalue weighted by Crippen LogP contribution is 2.21. The van der Waals surface area contributed by atoms with E-state index in [1.165, 1.54) is 0 Å². The Balaban J connectivity index is 1.80. The van der Waals surface area contributed by atoms with Gasteiger partial charge in [-0.25, -0.2) is 0 Å². The molecule has 3 rings (SSSR count). The molecule has 0 aliphatic rings. The highest BCUT2D eigenvalue weighted by Gasteiger charge is 2.13. The Morgan fingerprint density at radius 2 is 2.00 bits per heavy atom. The zero-order valence-electron chi connectivity index (χ0n) is 11.4. The minimum Gasteiger partial charge on any atom is -0.351 e. The fourth-order valence-electron chi connectivity index (χ4n) is 2.24. The van der Waals surface area contributed by atoms with E-state index in [1.807, 2.05) is 43.3 Å². The van der Waals surface area contributed by atoms with Crippen LogP contribution in [-0.2, 0) is 0 Å². The molecular weight excluding hydrogens is 330 g/mol. The lowest BCUT2D eigenvalue weighted by Crippen LogP contribution is -2.26. The Labute approximate surface area is 130 Å². The molecule has 0 aliphatic carbocycles. The molecule has 5 heteroatoms. The number of rotatable bonds is 3. The van der Waals surface area contributed by atoms with Gasteiger partial charge in [-0.2, -0.15) is 0 Å². The van der Waals surface area contributed by atoms with E-state index >= 15 is 0 Å². The minimum atomic E-state index is -0.119. The maximum absolute atomic E-state index is 12.3. The molecule has 2 N–H and O–H groups in total. The summed E-state index contributed by atoms with van der Waals surface area (Å²) in [5.74, 6) is -0.119. The van der Waals surface area contributed by atoms with E-state index in [4.69, 9.17) is 0 Å². The van der Waals surface area contributed by atoms with E-state index in [0.29, 0.717) is 5.69 Å². The number of benzene rings is 1.